The Morgan fingerprint density at radius 1 is 1.00 bits per heavy atom. The summed E-state index contributed by atoms with van der Waals surface area (Å²) in [5, 5.41) is 2.72. The Labute approximate surface area is 169 Å². The largest absolute Gasteiger partial charge is 0.372 e. The van der Waals surface area contributed by atoms with Gasteiger partial charge in [0, 0.05) is 18.8 Å². The number of nitrogens with zero attached hydrogens (tertiary/aromatic N) is 2. The molecule has 142 valence electrons. The molecule has 2 aliphatic heterocycles. The van der Waals surface area contributed by atoms with Crippen molar-refractivity contribution in [3.63, 3.8) is 0 Å². The average molecular weight is 391 g/mol. The zero-order chi connectivity index (χ0) is 19.7. The van der Waals surface area contributed by atoms with Gasteiger partial charge in [-0.05, 0) is 73.5 Å². The van der Waals surface area contributed by atoms with Gasteiger partial charge in [0.2, 0.25) is 0 Å². The van der Waals surface area contributed by atoms with Crippen LogP contribution in [0.5, 0.6) is 0 Å². The molecule has 2 aromatic carbocycles. The number of hydrogen-bond acceptors (Lipinski definition) is 4. The second-order valence-electron chi connectivity index (χ2n) is 7.08. The van der Waals surface area contributed by atoms with Gasteiger partial charge in [0.05, 0.1) is 5.69 Å². The number of carbonyl (C=O) groups is 2. The zero-order valence-electron chi connectivity index (χ0n) is 15.6. The monoisotopic (exact) mass is 391 g/mol. The molecule has 2 fully saturated rings. The Hall–Kier alpha value is -2.99. The van der Waals surface area contributed by atoms with E-state index in [1.54, 1.807) is 12.1 Å². The molecule has 2 aromatic rings. The van der Waals surface area contributed by atoms with Crippen molar-refractivity contribution in [2.24, 2.45) is 0 Å². The van der Waals surface area contributed by atoms with E-state index < -0.39 is 11.8 Å². The van der Waals surface area contributed by atoms with Gasteiger partial charge in [-0.3, -0.25) is 19.8 Å². The summed E-state index contributed by atoms with van der Waals surface area (Å²) in [5.74, 6) is -0.884. The van der Waals surface area contributed by atoms with Gasteiger partial charge < -0.3 is 4.90 Å². The first-order valence-corrected chi connectivity index (χ1v) is 9.77. The number of hydrogen-bond donors (Lipinski definition) is 1. The van der Waals surface area contributed by atoms with Crippen LogP contribution in [0.1, 0.15) is 24.0 Å². The Morgan fingerprint density at radius 3 is 2.39 bits per heavy atom. The first-order valence-electron chi connectivity index (χ1n) is 9.36. The summed E-state index contributed by atoms with van der Waals surface area (Å²) < 4.78 is 0. The highest BCUT2D eigenvalue weighted by Gasteiger charge is 2.34. The second-order valence-corrected chi connectivity index (χ2v) is 7.47. The molecule has 2 saturated heterocycles. The van der Waals surface area contributed by atoms with Crippen LogP contribution in [-0.4, -0.2) is 30.0 Å². The number of nitrogens with one attached hydrogen (secondary N) is 1. The molecule has 0 aliphatic carbocycles. The fraction of sp³-hybridized carbons (Fsp3) is 0.227. The third kappa shape index (κ3) is 3.55. The average Bonchev–Trinajstić information content (AvgIpc) is 3.20. The van der Waals surface area contributed by atoms with Crippen LogP contribution in [0.25, 0.3) is 6.08 Å². The lowest BCUT2D eigenvalue weighted by atomic mass is 10.1. The SMILES string of the molecule is Cc1cccc(N2C(=O)C(=Cc3ccc(N4CCCC4)cc3)C(=O)NC2=S)c1. The number of rotatable bonds is 3. The lowest BCUT2D eigenvalue weighted by Gasteiger charge is -2.29. The van der Waals surface area contributed by atoms with Crippen molar-refractivity contribution >= 4 is 46.6 Å². The van der Waals surface area contributed by atoms with E-state index in [1.807, 2.05) is 49.4 Å². The lowest BCUT2D eigenvalue weighted by molar-refractivity contribution is -0.122. The van der Waals surface area contributed by atoms with Crippen molar-refractivity contribution in [3.8, 4) is 0 Å². The summed E-state index contributed by atoms with van der Waals surface area (Å²) in [6.07, 6.45) is 4.06. The maximum Gasteiger partial charge on any atom is 0.270 e. The molecule has 4 rings (SSSR count). The van der Waals surface area contributed by atoms with E-state index in [0.717, 1.165) is 24.2 Å². The third-order valence-corrected chi connectivity index (χ3v) is 5.32. The number of thiocarbonyl (C=S) groups is 1. The molecule has 0 atom stereocenters. The molecule has 2 amide bonds. The molecule has 0 saturated carbocycles. The molecule has 0 bridgehead atoms. The fourth-order valence-corrected chi connectivity index (χ4v) is 3.86. The van der Waals surface area contributed by atoms with Crippen LogP contribution in [0.15, 0.2) is 54.1 Å². The highest BCUT2D eigenvalue weighted by molar-refractivity contribution is 7.80. The minimum atomic E-state index is -0.470. The van der Waals surface area contributed by atoms with E-state index in [4.69, 9.17) is 12.2 Å². The van der Waals surface area contributed by atoms with Crippen LogP contribution < -0.4 is 15.1 Å². The van der Waals surface area contributed by atoms with E-state index in [2.05, 4.69) is 10.2 Å². The van der Waals surface area contributed by atoms with Gasteiger partial charge in [0.15, 0.2) is 5.11 Å². The van der Waals surface area contributed by atoms with E-state index in [-0.39, 0.29) is 10.7 Å². The van der Waals surface area contributed by atoms with Crippen LogP contribution in [0.4, 0.5) is 11.4 Å². The highest BCUT2D eigenvalue weighted by Crippen LogP contribution is 2.24. The summed E-state index contributed by atoms with van der Waals surface area (Å²) in [5.41, 5.74) is 3.70. The zero-order valence-corrected chi connectivity index (χ0v) is 16.5. The first-order chi connectivity index (χ1) is 13.5. The Balaban J connectivity index is 1.63. The summed E-state index contributed by atoms with van der Waals surface area (Å²) in [7, 11) is 0. The number of aryl methyl sites for hydroxylation is 1. The van der Waals surface area contributed by atoms with Gasteiger partial charge in [-0.25, -0.2) is 0 Å². The maximum absolute atomic E-state index is 13.0. The Morgan fingerprint density at radius 2 is 1.71 bits per heavy atom. The molecule has 2 aliphatic rings. The molecule has 6 heteroatoms. The molecule has 1 N–H and O–H groups in total. The van der Waals surface area contributed by atoms with Crippen LogP contribution in [0.2, 0.25) is 0 Å². The third-order valence-electron chi connectivity index (χ3n) is 5.04. The van der Waals surface area contributed by atoms with Gasteiger partial charge >= 0.3 is 0 Å². The summed E-state index contributed by atoms with van der Waals surface area (Å²) >= 11 is 5.24. The van der Waals surface area contributed by atoms with Crippen molar-refractivity contribution in [1.82, 2.24) is 5.32 Å². The topological polar surface area (TPSA) is 52.7 Å². The predicted molar refractivity (Wildman–Crippen MR) is 115 cm³/mol. The van der Waals surface area contributed by atoms with E-state index >= 15 is 0 Å². The van der Waals surface area contributed by atoms with Crippen molar-refractivity contribution in [1.29, 1.82) is 0 Å². The number of amides is 2. The molecule has 0 aromatic heterocycles. The maximum atomic E-state index is 13.0. The number of benzene rings is 2. The van der Waals surface area contributed by atoms with Gasteiger partial charge in [0.25, 0.3) is 11.8 Å². The Bertz CT molecular complexity index is 976. The quantitative estimate of drug-likeness (QED) is 0.495. The van der Waals surface area contributed by atoms with Crippen molar-refractivity contribution in [2.45, 2.75) is 19.8 Å². The second kappa shape index (κ2) is 7.56. The molecular weight excluding hydrogens is 370 g/mol. The first kappa shape index (κ1) is 18.4. The van der Waals surface area contributed by atoms with Crippen LogP contribution in [0.3, 0.4) is 0 Å². The van der Waals surface area contributed by atoms with Gasteiger partial charge in [0.1, 0.15) is 5.57 Å². The molecule has 5 nitrogen and oxygen atoms in total. The molecule has 2 heterocycles. The standard InChI is InChI=1S/C22H21N3O2S/c1-15-5-4-6-18(13-15)25-21(27)19(20(26)23-22(25)28)14-16-7-9-17(10-8-16)24-11-2-3-12-24/h4-10,13-14H,2-3,11-12H2,1H3,(H,23,26,28). The Kier molecular flexibility index (Phi) is 4.96. The van der Waals surface area contributed by atoms with Gasteiger partial charge in [-0.2, -0.15) is 0 Å². The molecular formula is C22H21N3O2S. The minimum Gasteiger partial charge on any atom is -0.372 e. The molecule has 0 radical (unpaired) electrons. The minimum absolute atomic E-state index is 0.0732. The van der Waals surface area contributed by atoms with Crippen molar-refractivity contribution in [3.05, 3.63) is 65.2 Å². The molecule has 0 unspecified atom stereocenters. The van der Waals surface area contributed by atoms with Crippen LogP contribution >= 0.6 is 12.2 Å². The smallest absolute Gasteiger partial charge is 0.270 e. The lowest BCUT2D eigenvalue weighted by Crippen LogP contribution is -2.54. The molecule has 28 heavy (non-hydrogen) atoms. The van der Waals surface area contributed by atoms with Crippen molar-refractivity contribution < 1.29 is 9.59 Å². The summed E-state index contributed by atoms with van der Waals surface area (Å²) in [4.78, 5) is 29.2. The van der Waals surface area contributed by atoms with Gasteiger partial charge in [-0.1, -0.05) is 24.3 Å². The van der Waals surface area contributed by atoms with E-state index in [9.17, 15) is 9.59 Å². The number of carbonyl (C=O) groups excluding carboxylic acids is 2. The van der Waals surface area contributed by atoms with E-state index in [1.165, 1.54) is 23.4 Å². The highest BCUT2D eigenvalue weighted by atomic mass is 32.1. The fourth-order valence-electron chi connectivity index (χ4n) is 3.58. The van der Waals surface area contributed by atoms with Crippen LogP contribution in [-0.2, 0) is 9.59 Å². The van der Waals surface area contributed by atoms with E-state index in [0.29, 0.717) is 5.69 Å². The van der Waals surface area contributed by atoms with Crippen LogP contribution in [0, 0.1) is 6.92 Å². The predicted octanol–water partition coefficient (Wildman–Crippen LogP) is 3.43. The summed E-state index contributed by atoms with van der Waals surface area (Å²) in [6.45, 7) is 4.09. The number of anilines is 2. The van der Waals surface area contributed by atoms with Gasteiger partial charge in [-0.15, -0.1) is 0 Å². The summed E-state index contributed by atoms with van der Waals surface area (Å²) in [6, 6.07) is 15.4. The normalized spacial score (nSPS) is 18.8. The van der Waals surface area contributed by atoms with Crippen molar-refractivity contribution in [2.75, 3.05) is 22.9 Å². The molecule has 0 spiro atoms.